The molecule has 0 unspecified atom stereocenters. The molecule has 0 radical (unpaired) electrons. The third-order valence-corrected chi connectivity index (χ3v) is 6.60. The van der Waals surface area contributed by atoms with Crippen LogP contribution in [0, 0.1) is 6.92 Å². The average molecular weight is 551 g/mol. The first kappa shape index (κ1) is 27.2. The summed E-state index contributed by atoms with van der Waals surface area (Å²) in [7, 11) is 3.08. The summed E-state index contributed by atoms with van der Waals surface area (Å²) in [6, 6.07) is 17.0. The van der Waals surface area contributed by atoms with Crippen molar-refractivity contribution in [2.45, 2.75) is 20.3 Å². The Kier molecular flexibility index (Phi) is 7.55. The molecular weight excluding hydrogens is 524 g/mol. The predicted octanol–water partition coefficient (Wildman–Crippen LogP) is 4.92. The summed E-state index contributed by atoms with van der Waals surface area (Å²) in [6.45, 7) is 3.09. The number of carbonyl (C=O) groups excluding carboxylic acids is 2. The minimum absolute atomic E-state index is 0.0800. The highest BCUT2D eigenvalue weighted by Gasteiger charge is 2.21. The molecule has 0 aliphatic rings. The first-order chi connectivity index (χ1) is 19.8. The number of ketones is 2. The second kappa shape index (κ2) is 11.4. The molecule has 0 fully saturated rings. The molecule has 206 valence electrons. The van der Waals surface area contributed by atoms with Gasteiger partial charge in [-0.25, -0.2) is 9.97 Å². The molecule has 0 aliphatic heterocycles. The van der Waals surface area contributed by atoms with Crippen LogP contribution in [0.1, 0.15) is 39.0 Å². The number of methoxy groups -OCH3 is 2. The summed E-state index contributed by atoms with van der Waals surface area (Å²) in [5.74, 6) is 1.01. The molecule has 0 amide bonds. The van der Waals surface area contributed by atoms with E-state index in [4.69, 9.17) is 14.2 Å². The molecule has 3 aromatic heterocycles. The van der Waals surface area contributed by atoms with Crippen LogP contribution in [0.25, 0.3) is 16.6 Å². The van der Waals surface area contributed by atoms with Gasteiger partial charge in [-0.05, 0) is 50.2 Å². The zero-order valence-corrected chi connectivity index (χ0v) is 22.9. The van der Waals surface area contributed by atoms with Crippen LogP contribution >= 0.6 is 0 Å². The number of hydrogen-bond acceptors (Lipinski definition) is 9. The second-order valence-electron chi connectivity index (χ2n) is 9.18. The minimum Gasteiger partial charge on any atom is -0.493 e. The number of pyridine rings is 2. The summed E-state index contributed by atoms with van der Waals surface area (Å²) in [5.41, 5.74) is 1.80. The number of rotatable bonds is 9. The van der Waals surface area contributed by atoms with Gasteiger partial charge in [0.05, 0.1) is 43.3 Å². The maximum absolute atomic E-state index is 13.4. The van der Waals surface area contributed by atoms with Crippen LogP contribution in [-0.2, 0) is 6.42 Å². The molecule has 2 aromatic carbocycles. The number of Topliss-reactive ketones (excluding diaryl/α,β-unsaturated/α-hetero) is 2. The fourth-order valence-electron chi connectivity index (χ4n) is 4.54. The zero-order chi connectivity index (χ0) is 29.1. The zero-order valence-electron chi connectivity index (χ0n) is 22.9. The number of nitrogens with zero attached hydrogens (tertiary/aromatic N) is 4. The first-order valence-corrected chi connectivity index (χ1v) is 12.7. The Balaban J connectivity index is 1.41. The minimum atomic E-state index is -0.494. The van der Waals surface area contributed by atoms with Crippen LogP contribution < -0.4 is 19.8 Å². The average Bonchev–Trinajstić information content (AvgIpc) is 2.98. The fourth-order valence-corrected chi connectivity index (χ4v) is 4.54. The van der Waals surface area contributed by atoms with Gasteiger partial charge in [0.2, 0.25) is 5.88 Å². The molecular formula is C31H26N4O6. The van der Waals surface area contributed by atoms with E-state index in [2.05, 4.69) is 15.0 Å². The lowest BCUT2D eigenvalue weighted by Gasteiger charge is -2.15. The van der Waals surface area contributed by atoms with E-state index in [0.717, 1.165) is 0 Å². The number of hydrogen-bond donors (Lipinski definition) is 0. The normalized spacial score (nSPS) is 10.8. The van der Waals surface area contributed by atoms with Crippen LogP contribution in [0.3, 0.4) is 0 Å². The van der Waals surface area contributed by atoms with Gasteiger partial charge in [-0.1, -0.05) is 18.2 Å². The van der Waals surface area contributed by atoms with Gasteiger partial charge in [0, 0.05) is 28.7 Å². The van der Waals surface area contributed by atoms with Gasteiger partial charge in [-0.2, -0.15) is 0 Å². The molecule has 0 bridgehead atoms. The predicted molar refractivity (Wildman–Crippen MR) is 152 cm³/mol. The monoisotopic (exact) mass is 550 g/mol. The lowest BCUT2D eigenvalue weighted by molar-refractivity contribution is 0.0990. The molecule has 10 nitrogen and oxygen atoms in total. The van der Waals surface area contributed by atoms with Gasteiger partial charge in [-0.3, -0.25) is 23.9 Å². The number of ether oxygens (including phenoxy) is 3. The molecule has 5 aromatic rings. The molecule has 0 saturated heterocycles. The van der Waals surface area contributed by atoms with E-state index in [-0.39, 0.29) is 17.8 Å². The van der Waals surface area contributed by atoms with Crippen molar-refractivity contribution >= 4 is 22.5 Å². The van der Waals surface area contributed by atoms with E-state index < -0.39 is 11.3 Å². The largest absolute Gasteiger partial charge is 0.493 e. The van der Waals surface area contributed by atoms with Crippen molar-refractivity contribution in [3.05, 3.63) is 106 Å². The Morgan fingerprint density at radius 1 is 0.878 bits per heavy atom. The maximum atomic E-state index is 13.4. The highest BCUT2D eigenvalue weighted by Crippen LogP contribution is 2.35. The number of benzene rings is 2. The number of carbonyl (C=O) groups is 2. The van der Waals surface area contributed by atoms with Crippen LogP contribution in [0.5, 0.6) is 23.1 Å². The molecule has 0 N–H and O–H groups in total. The van der Waals surface area contributed by atoms with Crippen molar-refractivity contribution in [3.8, 4) is 28.8 Å². The topological polar surface area (TPSA) is 122 Å². The van der Waals surface area contributed by atoms with E-state index in [1.807, 2.05) is 6.07 Å². The highest BCUT2D eigenvalue weighted by atomic mass is 16.5. The van der Waals surface area contributed by atoms with Gasteiger partial charge in [-0.15, -0.1) is 0 Å². The molecule has 5 rings (SSSR count). The molecule has 0 aliphatic carbocycles. The SMILES string of the molecule is COc1cc2ncnc(Oc3ccc(CC(=O)c4cc(C(C)=O)c(C)n(-c5ccccc5)c4=O)nc3)c2cc1OC. The first-order valence-electron chi connectivity index (χ1n) is 12.7. The van der Waals surface area contributed by atoms with E-state index in [1.165, 1.54) is 37.2 Å². The van der Waals surface area contributed by atoms with Crippen molar-refractivity contribution in [3.63, 3.8) is 0 Å². The molecule has 0 saturated carbocycles. The Hall–Kier alpha value is -5.38. The molecule has 41 heavy (non-hydrogen) atoms. The summed E-state index contributed by atoms with van der Waals surface area (Å²) < 4.78 is 18.1. The van der Waals surface area contributed by atoms with Crippen LogP contribution in [0.15, 0.2) is 78.0 Å². The Morgan fingerprint density at radius 2 is 1.61 bits per heavy atom. The summed E-state index contributed by atoms with van der Waals surface area (Å²) in [5, 5.41) is 0.611. The Bertz CT molecular complexity index is 1830. The van der Waals surface area contributed by atoms with Gasteiger partial charge in [0.15, 0.2) is 23.1 Å². The quantitative estimate of drug-likeness (QED) is 0.235. The third-order valence-electron chi connectivity index (χ3n) is 6.60. The van der Waals surface area contributed by atoms with Crippen molar-refractivity contribution < 1.29 is 23.8 Å². The number of para-hydroxylation sites is 1. The fraction of sp³-hybridized carbons (Fsp3) is 0.161. The summed E-state index contributed by atoms with van der Waals surface area (Å²) in [4.78, 5) is 51.9. The van der Waals surface area contributed by atoms with Gasteiger partial charge in [0.1, 0.15) is 12.1 Å². The third kappa shape index (κ3) is 5.40. The number of aromatic nitrogens is 4. The molecule has 10 heteroatoms. The maximum Gasteiger partial charge on any atom is 0.266 e. The van der Waals surface area contributed by atoms with E-state index >= 15 is 0 Å². The van der Waals surface area contributed by atoms with Crippen LogP contribution in [-0.4, -0.2) is 45.3 Å². The summed E-state index contributed by atoms with van der Waals surface area (Å²) >= 11 is 0. The van der Waals surface area contributed by atoms with E-state index in [9.17, 15) is 14.4 Å². The van der Waals surface area contributed by atoms with Crippen LogP contribution in [0.4, 0.5) is 0 Å². The standard InChI is InChI=1S/C31H26N4O6/c1-18-23(19(2)36)13-25(31(38)35(18)21-8-6-5-7-9-21)27(37)12-20-10-11-22(16-32-20)41-30-24-14-28(39-3)29(40-4)15-26(24)33-17-34-30/h5-11,13-17H,12H2,1-4H3. The van der Waals surface area contributed by atoms with E-state index in [0.29, 0.717) is 56.7 Å². The van der Waals surface area contributed by atoms with Crippen molar-refractivity contribution in [1.82, 2.24) is 19.5 Å². The lowest BCUT2D eigenvalue weighted by atomic mass is 10.0. The lowest BCUT2D eigenvalue weighted by Crippen LogP contribution is -2.29. The van der Waals surface area contributed by atoms with Gasteiger partial charge < -0.3 is 14.2 Å². The molecule has 0 spiro atoms. The molecule has 3 heterocycles. The van der Waals surface area contributed by atoms with Gasteiger partial charge in [0.25, 0.3) is 5.56 Å². The molecule has 0 atom stereocenters. The summed E-state index contributed by atoms with van der Waals surface area (Å²) in [6.07, 6.45) is 2.71. The van der Waals surface area contributed by atoms with Crippen molar-refractivity contribution in [2.75, 3.05) is 14.2 Å². The van der Waals surface area contributed by atoms with E-state index in [1.54, 1.807) is 62.6 Å². The Morgan fingerprint density at radius 3 is 2.27 bits per heavy atom. The smallest absolute Gasteiger partial charge is 0.266 e. The van der Waals surface area contributed by atoms with Crippen molar-refractivity contribution in [1.29, 1.82) is 0 Å². The number of fused-ring (bicyclic) bond motifs is 1. The van der Waals surface area contributed by atoms with Crippen LogP contribution in [0.2, 0.25) is 0 Å². The second-order valence-corrected chi connectivity index (χ2v) is 9.18. The van der Waals surface area contributed by atoms with Gasteiger partial charge >= 0.3 is 0 Å². The Labute approximate surface area is 235 Å². The van der Waals surface area contributed by atoms with Crippen molar-refractivity contribution in [2.24, 2.45) is 0 Å². The highest BCUT2D eigenvalue weighted by molar-refractivity contribution is 6.01.